The highest BCUT2D eigenvalue weighted by Crippen LogP contribution is 2.24. The maximum absolute atomic E-state index is 5.88. The van der Waals surface area contributed by atoms with E-state index in [9.17, 15) is 0 Å². The van der Waals surface area contributed by atoms with E-state index < -0.39 is 0 Å². The second-order valence-electron chi connectivity index (χ2n) is 5.13. The second kappa shape index (κ2) is 5.79. The molecule has 1 aromatic carbocycles. The van der Waals surface area contributed by atoms with Crippen LogP contribution in [0.1, 0.15) is 24.0 Å². The number of hydrogen-bond acceptors (Lipinski definition) is 4. The highest BCUT2D eigenvalue weighted by atomic mass is 14.8. The molecule has 0 amide bonds. The Bertz CT molecular complexity index is 702. The first-order valence-corrected chi connectivity index (χ1v) is 7.05. The van der Waals surface area contributed by atoms with E-state index in [0.29, 0.717) is 11.4 Å². The largest absolute Gasteiger partial charge is 0.397 e. The number of aromatic nitrogens is 1. The van der Waals surface area contributed by atoms with Gasteiger partial charge in [-0.05, 0) is 54.3 Å². The predicted molar refractivity (Wildman–Crippen MR) is 88.1 cm³/mol. The molecule has 0 radical (unpaired) electrons. The van der Waals surface area contributed by atoms with Crippen molar-refractivity contribution in [3.8, 4) is 0 Å². The maximum atomic E-state index is 5.88. The number of nitrogen functional groups attached to an aromatic ring is 2. The van der Waals surface area contributed by atoms with Crippen LogP contribution in [0.2, 0.25) is 0 Å². The van der Waals surface area contributed by atoms with Crippen molar-refractivity contribution >= 4 is 23.2 Å². The standard InChI is InChI=1S/C17H18N4/c18-15-6-5-12(10-16(15)19)9-13-3-2-8-21-17(13)14-4-1-7-20-11-14/h1,4-7,9-11H,2-3,8,18-19H2/b13-9+. The molecular weight excluding hydrogens is 260 g/mol. The Morgan fingerprint density at radius 1 is 1.10 bits per heavy atom. The molecule has 4 nitrogen and oxygen atoms in total. The minimum absolute atomic E-state index is 0.611. The zero-order chi connectivity index (χ0) is 14.7. The summed E-state index contributed by atoms with van der Waals surface area (Å²) in [5.41, 5.74) is 17.2. The van der Waals surface area contributed by atoms with Gasteiger partial charge in [-0.25, -0.2) is 0 Å². The molecule has 21 heavy (non-hydrogen) atoms. The molecular formula is C17H18N4. The van der Waals surface area contributed by atoms with E-state index in [-0.39, 0.29) is 0 Å². The number of anilines is 2. The lowest BCUT2D eigenvalue weighted by Gasteiger charge is -2.16. The zero-order valence-corrected chi connectivity index (χ0v) is 11.8. The number of nitrogens with zero attached hydrogens (tertiary/aromatic N) is 2. The third-order valence-electron chi connectivity index (χ3n) is 3.57. The van der Waals surface area contributed by atoms with E-state index in [1.807, 2.05) is 36.5 Å². The van der Waals surface area contributed by atoms with Crippen molar-refractivity contribution in [2.24, 2.45) is 4.99 Å². The smallest absolute Gasteiger partial charge is 0.0694 e. The Morgan fingerprint density at radius 3 is 2.76 bits per heavy atom. The van der Waals surface area contributed by atoms with Gasteiger partial charge in [-0.15, -0.1) is 0 Å². The summed E-state index contributed by atoms with van der Waals surface area (Å²) in [6.07, 6.45) is 7.85. The van der Waals surface area contributed by atoms with Crippen molar-refractivity contribution in [3.63, 3.8) is 0 Å². The average molecular weight is 278 g/mol. The van der Waals surface area contributed by atoms with E-state index in [2.05, 4.69) is 16.1 Å². The summed E-state index contributed by atoms with van der Waals surface area (Å²) < 4.78 is 0. The molecule has 0 spiro atoms. The van der Waals surface area contributed by atoms with Crippen LogP contribution in [0.3, 0.4) is 0 Å². The number of allylic oxidation sites excluding steroid dienone is 1. The van der Waals surface area contributed by atoms with Crippen LogP contribution in [0.4, 0.5) is 11.4 Å². The molecule has 0 unspecified atom stereocenters. The molecule has 3 rings (SSSR count). The van der Waals surface area contributed by atoms with Crippen LogP contribution >= 0.6 is 0 Å². The van der Waals surface area contributed by atoms with Crippen LogP contribution in [-0.4, -0.2) is 17.2 Å². The Hall–Kier alpha value is -2.62. The van der Waals surface area contributed by atoms with E-state index in [0.717, 1.165) is 36.2 Å². The van der Waals surface area contributed by atoms with Crippen LogP contribution in [-0.2, 0) is 0 Å². The van der Waals surface area contributed by atoms with Gasteiger partial charge in [0.05, 0.1) is 17.1 Å². The Morgan fingerprint density at radius 2 is 2.00 bits per heavy atom. The van der Waals surface area contributed by atoms with Gasteiger partial charge in [0.1, 0.15) is 0 Å². The third kappa shape index (κ3) is 2.94. The molecule has 4 heteroatoms. The second-order valence-corrected chi connectivity index (χ2v) is 5.13. The molecule has 0 atom stereocenters. The molecule has 0 bridgehead atoms. The lowest BCUT2D eigenvalue weighted by molar-refractivity contribution is 0.818. The average Bonchev–Trinajstić information content (AvgIpc) is 2.52. The van der Waals surface area contributed by atoms with Gasteiger partial charge >= 0.3 is 0 Å². The summed E-state index contributed by atoms with van der Waals surface area (Å²) >= 11 is 0. The van der Waals surface area contributed by atoms with Crippen LogP contribution in [0, 0.1) is 0 Å². The van der Waals surface area contributed by atoms with Gasteiger partial charge in [-0.2, -0.15) is 0 Å². The molecule has 2 aromatic rings. The molecule has 1 aromatic heterocycles. The van der Waals surface area contributed by atoms with E-state index in [1.54, 1.807) is 6.20 Å². The van der Waals surface area contributed by atoms with Gasteiger partial charge in [0, 0.05) is 24.5 Å². The summed E-state index contributed by atoms with van der Waals surface area (Å²) in [6, 6.07) is 9.70. The molecule has 0 saturated heterocycles. The normalized spacial score (nSPS) is 16.8. The monoisotopic (exact) mass is 278 g/mol. The minimum Gasteiger partial charge on any atom is -0.397 e. The fourth-order valence-electron chi connectivity index (χ4n) is 2.48. The Kier molecular flexibility index (Phi) is 3.69. The quantitative estimate of drug-likeness (QED) is 0.829. The zero-order valence-electron chi connectivity index (χ0n) is 11.8. The maximum Gasteiger partial charge on any atom is 0.0694 e. The van der Waals surface area contributed by atoms with E-state index in [1.165, 1.54) is 5.57 Å². The Labute approximate surface area is 124 Å². The van der Waals surface area contributed by atoms with Crippen LogP contribution < -0.4 is 11.5 Å². The van der Waals surface area contributed by atoms with E-state index >= 15 is 0 Å². The van der Waals surface area contributed by atoms with E-state index in [4.69, 9.17) is 11.5 Å². The number of benzene rings is 1. The van der Waals surface area contributed by atoms with Crippen LogP contribution in [0.25, 0.3) is 6.08 Å². The fourth-order valence-corrected chi connectivity index (χ4v) is 2.48. The SMILES string of the molecule is Nc1ccc(/C=C2\CCCN=C2c2cccnc2)cc1N. The summed E-state index contributed by atoms with van der Waals surface area (Å²) in [4.78, 5) is 8.85. The highest BCUT2D eigenvalue weighted by Gasteiger charge is 2.14. The Balaban J connectivity index is 1.99. The first-order chi connectivity index (χ1) is 10.2. The van der Waals surface area contributed by atoms with Crippen LogP contribution in [0.5, 0.6) is 0 Å². The molecule has 1 aliphatic rings. The van der Waals surface area contributed by atoms with Gasteiger partial charge in [0.15, 0.2) is 0 Å². The number of nitrogens with two attached hydrogens (primary N) is 2. The molecule has 106 valence electrons. The van der Waals surface area contributed by atoms with Gasteiger partial charge in [-0.3, -0.25) is 9.98 Å². The van der Waals surface area contributed by atoms with Crippen molar-refractivity contribution in [2.45, 2.75) is 12.8 Å². The van der Waals surface area contributed by atoms with Gasteiger partial charge in [-0.1, -0.05) is 6.07 Å². The van der Waals surface area contributed by atoms with Crippen molar-refractivity contribution in [1.82, 2.24) is 4.98 Å². The van der Waals surface area contributed by atoms with Crippen molar-refractivity contribution in [2.75, 3.05) is 18.0 Å². The first-order valence-electron chi connectivity index (χ1n) is 7.05. The van der Waals surface area contributed by atoms with Gasteiger partial charge < -0.3 is 11.5 Å². The molecule has 0 saturated carbocycles. The first kappa shape index (κ1) is 13.4. The lowest BCUT2D eigenvalue weighted by atomic mass is 9.95. The summed E-state index contributed by atoms with van der Waals surface area (Å²) in [5, 5.41) is 0. The number of pyridine rings is 1. The van der Waals surface area contributed by atoms with Crippen molar-refractivity contribution in [3.05, 3.63) is 59.4 Å². The summed E-state index contributed by atoms with van der Waals surface area (Å²) in [7, 11) is 0. The van der Waals surface area contributed by atoms with Crippen molar-refractivity contribution in [1.29, 1.82) is 0 Å². The van der Waals surface area contributed by atoms with Gasteiger partial charge in [0.25, 0.3) is 0 Å². The number of rotatable bonds is 2. The summed E-state index contributed by atoms with van der Waals surface area (Å²) in [6.45, 7) is 0.867. The molecule has 1 aliphatic heterocycles. The molecule has 0 aliphatic carbocycles. The molecule has 2 heterocycles. The minimum atomic E-state index is 0.611. The van der Waals surface area contributed by atoms with Crippen molar-refractivity contribution < 1.29 is 0 Å². The third-order valence-corrected chi connectivity index (χ3v) is 3.57. The van der Waals surface area contributed by atoms with Gasteiger partial charge in [0.2, 0.25) is 0 Å². The van der Waals surface area contributed by atoms with Crippen LogP contribution in [0.15, 0.2) is 53.3 Å². The number of hydrogen-bond donors (Lipinski definition) is 2. The highest BCUT2D eigenvalue weighted by molar-refractivity contribution is 6.15. The summed E-state index contributed by atoms with van der Waals surface area (Å²) in [5.74, 6) is 0. The fraction of sp³-hybridized carbons (Fsp3) is 0.176. The topological polar surface area (TPSA) is 77.3 Å². The lowest BCUT2D eigenvalue weighted by Crippen LogP contribution is -2.11. The molecule has 0 fully saturated rings. The molecule has 4 N–H and O–H groups in total. The predicted octanol–water partition coefficient (Wildman–Crippen LogP) is 2.91. The number of aliphatic imine (C=N–C) groups is 1.